The largest absolute Gasteiger partial charge is 0.460 e. The van der Waals surface area contributed by atoms with Gasteiger partial charge in [-0.25, -0.2) is 14.4 Å². The maximum atomic E-state index is 11.5. The van der Waals surface area contributed by atoms with Gasteiger partial charge in [-0.3, -0.25) is 0 Å². The van der Waals surface area contributed by atoms with E-state index in [9.17, 15) is 14.4 Å². The first-order valence-electron chi connectivity index (χ1n) is 14.8. The van der Waals surface area contributed by atoms with Crippen molar-refractivity contribution in [2.75, 3.05) is 76.7 Å². The normalized spacial score (nSPS) is 10.8. The smallest absolute Gasteiger partial charge is 0.333 e. The monoisotopic (exact) mass is 692 g/mol. The Morgan fingerprint density at radius 1 is 0.543 bits per heavy atom. The molecular formula is C34H44O9S3. The van der Waals surface area contributed by atoms with E-state index < -0.39 is 17.9 Å². The number of carbonyl (C=O) groups is 3. The second kappa shape index (κ2) is 22.7. The lowest BCUT2D eigenvalue weighted by atomic mass is 10.1. The maximum Gasteiger partial charge on any atom is 0.333 e. The van der Waals surface area contributed by atoms with Crippen LogP contribution in [0.4, 0.5) is 0 Å². The second-order valence-corrected chi connectivity index (χ2v) is 13.4. The Bertz CT molecular complexity index is 1340. The van der Waals surface area contributed by atoms with Gasteiger partial charge >= 0.3 is 17.9 Å². The van der Waals surface area contributed by atoms with E-state index in [2.05, 4.69) is 50.1 Å². The number of esters is 3. The summed E-state index contributed by atoms with van der Waals surface area (Å²) in [5, 5.41) is 2.28. The topological polar surface area (TPSA) is 107 Å². The van der Waals surface area contributed by atoms with Gasteiger partial charge in [0.25, 0.3) is 0 Å². The lowest BCUT2D eigenvalue weighted by Gasteiger charge is -2.12. The van der Waals surface area contributed by atoms with Gasteiger partial charge in [-0.2, -0.15) is 0 Å². The molecule has 2 rings (SSSR count). The molecule has 0 aromatic heterocycles. The zero-order valence-corrected chi connectivity index (χ0v) is 29.3. The lowest BCUT2D eigenvalue weighted by molar-refractivity contribution is -0.141. The summed E-state index contributed by atoms with van der Waals surface area (Å²) in [7, 11) is 0. The predicted molar refractivity (Wildman–Crippen MR) is 186 cm³/mol. The number of hydrogen-bond donors (Lipinski definition) is 0. The summed E-state index contributed by atoms with van der Waals surface area (Å²) < 4.78 is 32.1. The van der Waals surface area contributed by atoms with E-state index in [0.29, 0.717) is 56.4 Å². The first-order valence-corrected chi connectivity index (χ1v) is 17.7. The molecule has 9 nitrogen and oxygen atoms in total. The lowest BCUT2D eigenvalue weighted by Crippen LogP contribution is -2.11. The number of hydrogen-bond acceptors (Lipinski definition) is 12. The van der Waals surface area contributed by atoms with E-state index in [0.717, 1.165) is 42.7 Å². The Kier molecular flexibility index (Phi) is 19.5. The van der Waals surface area contributed by atoms with Crippen LogP contribution in [-0.4, -0.2) is 94.6 Å². The van der Waals surface area contributed by atoms with E-state index in [4.69, 9.17) is 28.4 Å². The molecule has 46 heavy (non-hydrogen) atoms. The third-order valence-electron chi connectivity index (χ3n) is 5.77. The fraction of sp³-hybridized carbons (Fsp3) is 0.441. The van der Waals surface area contributed by atoms with Crippen LogP contribution in [-0.2, 0) is 42.8 Å². The van der Waals surface area contributed by atoms with Gasteiger partial charge in [-0.05, 0) is 55.8 Å². The molecule has 0 saturated carbocycles. The molecule has 252 valence electrons. The van der Waals surface area contributed by atoms with Crippen molar-refractivity contribution in [1.29, 1.82) is 0 Å². The van der Waals surface area contributed by atoms with Gasteiger partial charge in [0, 0.05) is 48.7 Å². The summed E-state index contributed by atoms with van der Waals surface area (Å²) in [6, 6.07) is 10.8. The van der Waals surface area contributed by atoms with Gasteiger partial charge in [0.2, 0.25) is 0 Å². The van der Waals surface area contributed by atoms with Crippen LogP contribution in [0.1, 0.15) is 20.8 Å². The Morgan fingerprint density at radius 3 is 1.41 bits per heavy atom. The van der Waals surface area contributed by atoms with Crippen LogP contribution in [0.3, 0.4) is 0 Å². The highest BCUT2D eigenvalue weighted by Crippen LogP contribution is 2.35. The van der Waals surface area contributed by atoms with E-state index in [-0.39, 0.29) is 19.8 Å². The number of ether oxygens (including phenoxy) is 6. The summed E-state index contributed by atoms with van der Waals surface area (Å²) in [6.07, 6.45) is 0. The fourth-order valence-electron chi connectivity index (χ4n) is 3.48. The quantitative estimate of drug-likeness (QED) is 0.0393. The summed E-state index contributed by atoms with van der Waals surface area (Å²) in [5.41, 5.74) is 1.10. The van der Waals surface area contributed by atoms with Crippen LogP contribution in [0.15, 0.2) is 81.5 Å². The average Bonchev–Trinajstić information content (AvgIpc) is 3.02. The molecule has 0 heterocycles. The van der Waals surface area contributed by atoms with Crippen molar-refractivity contribution in [3.8, 4) is 0 Å². The predicted octanol–water partition coefficient (Wildman–Crippen LogP) is 6.52. The molecule has 0 N–H and O–H groups in total. The molecule has 0 aliphatic heterocycles. The summed E-state index contributed by atoms with van der Waals surface area (Å²) >= 11 is 5.11. The summed E-state index contributed by atoms with van der Waals surface area (Å²) in [5.74, 6) is 0.994. The van der Waals surface area contributed by atoms with Crippen LogP contribution in [0.5, 0.6) is 0 Å². The SMILES string of the molecule is C=C(C)C(=O)OCCOCCSc1ccc2c(SCCOCCOC(=O)C(=C)C)cc(SCCOCCOC(=O)C(=C)C)cc2c1. The minimum atomic E-state index is -0.415. The van der Waals surface area contributed by atoms with Crippen molar-refractivity contribution in [1.82, 2.24) is 0 Å². The van der Waals surface area contributed by atoms with E-state index >= 15 is 0 Å². The molecule has 0 radical (unpaired) electrons. The molecule has 0 unspecified atom stereocenters. The molecule has 0 aliphatic rings. The number of fused-ring (bicyclic) bond motifs is 1. The molecule has 0 bridgehead atoms. The van der Waals surface area contributed by atoms with Gasteiger partial charge < -0.3 is 28.4 Å². The van der Waals surface area contributed by atoms with Crippen molar-refractivity contribution in [3.05, 3.63) is 66.8 Å². The number of rotatable bonds is 24. The second-order valence-electron chi connectivity index (χ2n) is 9.94. The van der Waals surface area contributed by atoms with Gasteiger partial charge in [0.05, 0.1) is 39.6 Å². The van der Waals surface area contributed by atoms with E-state index in [1.165, 1.54) is 0 Å². The minimum absolute atomic E-state index is 0.192. The molecule has 0 fully saturated rings. The van der Waals surface area contributed by atoms with Gasteiger partial charge in [-0.1, -0.05) is 25.8 Å². The van der Waals surface area contributed by atoms with E-state index in [1.807, 2.05) is 0 Å². The van der Waals surface area contributed by atoms with Crippen molar-refractivity contribution < 1.29 is 42.8 Å². The first kappa shape index (κ1) is 39.4. The summed E-state index contributed by atoms with van der Waals surface area (Å²) in [4.78, 5) is 37.8. The molecule has 2 aromatic rings. The third-order valence-corrected chi connectivity index (χ3v) is 8.68. The maximum absolute atomic E-state index is 11.5. The Hall–Kier alpha value is -2.74. The van der Waals surface area contributed by atoms with E-state index in [1.54, 1.807) is 56.1 Å². The average molecular weight is 693 g/mol. The fourth-order valence-corrected chi connectivity index (χ4v) is 6.19. The number of benzene rings is 2. The molecule has 0 atom stereocenters. The first-order chi connectivity index (χ1) is 22.1. The molecule has 0 saturated heterocycles. The van der Waals surface area contributed by atoms with Crippen LogP contribution < -0.4 is 0 Å². The standard InChI is InChI=1S/C34H44O9S3/c1-24(2)32(35)41-12-9-38-15-18-44-28-7-8-30-27(21-28)22-29(45-19-16-39-10-13-42-33(36)25(3)4)23-31(30)46-20-17-40-11-14-43-34(37)26(5)6/h7-8,21-23H,1,3,5,9-20H2,2,4,6H3. The van der Waals surface area contributed by atoms with Crippen molar-refractivity contribution in [2.45, 2.75) is 35.5 Å². The molecule has 12 heteroatoms. The Morgan fingerprint density at radius 2 is 0.957 bits per heavy atom. The highest BCUT2D eigenvalue weighted by molar-refractivity contribution is 8.00. The molecular weight excluding hydrogens is 649 g/mol. The van der Waals surface area contributed by atoms with Crippen LogP contribution in [0, 0.1) is 0 Å². The zero-order valence-electron chi connectivity index (χ0n) is 26.9. The van der Waals surface area contributed by atoms with Crippen LogP contribution in [0.2, 0.25) is 0 Å². The van der Waals surface area contributed by atoms with Gasteiger partial charge in [0.15, 0.2) is 0 Å². The molecule has 0 aliphatic carbocycles. The zero-order chi connectivity index (χ0) is 33.7. The third kappa shape index (κ3) is 16.2. The minimum Gasteiger partial charge on any atom is -0.460 e. The summed E-state index contributed by atoms with van der Waals surface area (Å²) in [6.45, 7) is 18.7. The van der Waals surface area contributed by atoms with Gasteiger partial charge in [0.1, 0.15) is 19.8 Å². The van der Waals surface area contributed by atoms with Crippen molar-refractivity contribution >= 4 is 64.0 Å². The van der Waals surface area contributed by atoms with Crippen molar-refractivity contribution in [3.63, 3.8) is 0 Å². The number of thioether (sulfide) groups is 3. The van der Waals surface area contributed by atoms with Crippen molar-refractivity contribution in [2.24, 2.45) is 0 Å². The molecule has 0 amide bonds. The highest BCUT2D eigenvalue weighted by Gasteiger charge is 2.09. The van der Waals surface area contributed by atoms with Crippen LogP contribution >= 0.6 is 35.3 Å². The Labute approximate surface area is 284 Å². The molecule has 2 aromatic carbocycles. The molecule has 0 spiro atoms. The Balaban J connectivity index is 1.92. The number of carbonyl (C=O) groups excluding carboxylic acids is 3. The highest BCUT2D eigenvalue weighted by atomic mass is 32.2. The van der Waals surface area contributed by atoms with Crippen LogP contribution in [0.25, 0.3) is 10.8 Å². The van der Waals surface area contributed by atoms with Gasteiger partial charge in [-0.15, -0.1) is 35.3 Å².